The molecular formula is C17H31. The standard InChI is InChI=1S/C17H31/c1-2-5-9-13-16(12-8-4-1)17-14-10-6-3-7-11-15-17/h17H,1-15H2. The highest BCUT2D eigenvalue weighted by Gasteiger charge is 2.22. The van der Waals surface area contributed by atoms with Gasteiger partial charge in [-0.05, 0) is 37.5 Å². The van der Waals surface area contributed by atoms with Crippen LogP contribution in [-0.2, 0) is 0 Å². The Morgan fingerprint density at radius 1 is 0.471 bits per heavy atom. The predicted octanol–water partition coefficient (Wildman–Crippen LogP) is 6.06. The average Bonchev–Trinajstić information content (AvgIpc) is 2.42. The van der Waals surface area contributed by atoms with E-state index in [-0.39, 0.29) is 0 Å². The average molecular weight is 235 g/mol. The lowest BCUT2D eigenvalue weighted by Crippen LogP contribution is -2.14. The lowest BCUT2D eigenvalue weighted by molar-refractivity contribution is 0.358. The second-order valence-electron chi connectivity index (χ2n) is 6.32. The summed E-state index contributed by atoms with van der Waals surface area (Å²) in [6, 6.07) is 0. The highest BCUT2D eigenvalue weighted by molar-refractivity contribution is 4.97. The first-order valence-corrected chi connectivity index (χ1v) is 8.31. The summed E-state index contributed by atoms with van der Waals surface area (Å²) in [4.78, 5) is 0. The first kappa shape index (κ1) is 13.4. The Kier molecular flexibility index (Phi) is 6.45. The van der Waals surface area contributed by atoms with Gasteiger partial charge in [-0.1, -0.05) is 70.6 Å². The van der Waals surface area contributed by atoms with Crippen molar-refractivity contribution in [3.63, 3.8) is 0 Å². The number of hydrogen-bond acceptors (Lipinski definition) is 0. The summed E-state index contributed by atoms with van der Waals surface area (Å²) in [5.41, 5.74) is 0. The van der Waals surface area contributed by atoms with E-state index in [0.29, 0.717) is 0 Å². The topological polar surface area (TPSA) is 0 Å². The molecule has 0 N–H and O–H groups in total. The third-order valence-electron chi connectivity index (χ3n) is 4.93. The highest BCUT2D eigenvalue weighted by atomic mass is 14.3. The van der Waals surface area contributed by atoms with Crippen molar-refractivity contribution in [2.75, 3.05) is 0 Å². The molecule has 0 aromatic heterocycles. The maximum Gasteiger partial charge on any atom is -0.0210 e. The summed E-state index contributed by atoms with van der Waals surface area (Å²) in [6.07, 6.45) is 22.5. The lowest BCUT2D eigenvalue weighted by Gasteiger charge is -2.28. The van der Waals surface area contributed by atoms with Crippen molar-refractivity contribution in [2.45, 2.75) is 96.3 Å². The fraction of sp³-hybridized carbons (Fsp3) is 0.941. The molecule has 2 aliphatic rings. The second kappa shape index (κ2) is 8.16. The van der Waals surface area contributed by atoms with E-state index in [1.807, 2.05) is 5.92 Å². The smallest absolute Gasteiger partial charge is 0.0210 e. The van der Waals surface area contributed by atoms with Gasteiger partial charge in [-0.15, -0.1) is 0 Å². The predicted molar refractivity (Wildman–Crippen MR) is 76.0 cm³/mol. The van der Waals surface area contributed by atoms with Gasteiger partial charge in [0.15, 0.2) is 0 Å². The van der Waals surface area contributed by atoms with Gasteiger partial charge in [-0.2, -0.15) is 0 Å². The minimum absolute atomic E-state index is 1.02. The third-order valence-corrected chi connectivity index (χ3v) is 4.93. The van der Waals surface area contributed by atoms with Gasteiger partial charge in [0.2, 0.25) is 0 Å². The van der Waals surface area contributed by atoms with Gasteiger partial charge in [-0.25, -0.2) is 0 Å². The zero-order chi connectivity index (χ0) is 11.8. The first-order valence-electron chi connectivity index (χ1n) is 8.31. The minimum atomic E-state index is 1.02. The van der Waals surface area contributed by atoms with Gasteiger partial charge in [0, 0.05) is 0 Å². The van der Waals surface area contributed by atoms with E-state index in [2.05, 4.69) is 0 Å². The zero-order valence-corrected chi connectivity index (χ0v) is 11.7. The molecule has 2 aliphatic carbocycles. The molecule has 0 aromatic carbocycles. The molecule has 0 atom stereocenters. The molecule has 2 saturated carbocycles. The molecule has 0 amide bonds. The molecule has 0 spiro atoms. The van der Waals surface area contributed by atoms with E-state index in [1.54, 1.807) is 0 Å². The maximum atomic E-state index is 1.98. The fourth-order valence-electron chi connectivity index (χ4n) is 3.81. The largest absolute Gasteiger partial charge is 0.0533 e. The monoisotopic (exact) mass is 235 g/mol. The minimum Gasteiger partial charge on any atom is -0.0533 e. The zero-order valence-electron chi connectivity index (χ0n) is 11.7. The molecular weight excluding hydrogens is 204 g/mol. The molecule has 0 bridgehead atoms. The number of rotatable bonds is 1. The van der Waals surface area contributed by atoms with Crippen LogP contribution < -0.4 is 0 Å². The molecule has 2 fully saturated rings. The van der Waals surface area contributed by atoms with E-state index in [1.165, 1.54) is 96.3 Å². The molecule has 1 radical (unpaired) electrons. The van der Waals surface area contributed by atoms with E-state index in [9.17, 15) is 0 Å². The quantitative estimate of drug-likeness (QED) is 0.518. The molecule has 2 rings (SSSR count). The van der Waals surface area contributed by atoms with Crippen LogP contribution in [0, 0.1) is 11.8 Å². The lowest BCUT2D eigenvalue weighted by atomic mass is 9.77. The Hall–Kier alpha value is 0. The summed E-state index contributed by atoms with van der Waals surface area (Å²) in [6.45, 7) is 0. The highest BCUT2D eigenvalue weighted by Crippen LogP contribution is 2.36. The summed E-state index contributed by atoms with van der Waals surface area (Å²) >= 11 is 0. The molecule has 0 nitrogen and oxygen atoms in total. The Balaban J connectivity index is 1.82. The van der Waals surface area contributed by atoms with Crippen LogP contribution in [0.1, 0.15) is 96.3 Å². The van der Waals surface area contributed by atoms with Crippen LogP contribution in [0.3, 0.4) is 0 Å². The van der Waals surface area contributed by atoms with Crippen molar-refractivity contribution in [3.8, 4) is 0 Å². The molecule has 17 heavy (non-hydrogen) atoms. The van der Waals surface area contributed by atoms with Crippen molar-refractivity contribution >= 4 is 0 Å². The summed E-state index contributed by atoms with van der Waals surface area (Å²) in [5.74, 6) is 3.00. The summed E-state index contributed by atoms with van der Waals surface area (Å²) in [7, 11) is 0. The molecule has 99 valence electrons. The number of hydrogen-bond donors (Lipinski definition) is 0. The van der Waals surface area contributed by atoms with Crippen LogP contribution in [0.25, 0.3) is 0 Å². The summed E-state index contributed by atoms with van der Waals surface area (Å²) < 4.78 is 0. The van der Waals surface area contributed by atoms with Crippen LogP contribution in [0.4, 0.5) is 0 Å². The fourth-order valence-corrected chi connectivity index (χ4v) is 3.81. The van der Waals surface area contributed by atoms with E-state index in [0.717, 1.165) is 5.92 Å². The van der Waals surface area contributed by atoms with Gasteiger partial charge in [0.1, 0.15) is 0 Å². The third kappa shape index (κ3) is 5.02. The molecule has 0 saturated heterocycles. The van der Waals surface area contributed by atoms with Crippen LogP contribution in [0.2, 0.25) is 0 Å². The van der Waals surface area contributed by atoms with Crippen LogP contribution in [-0.4, -0.2) is 0 Å². The van der Waals surface area contributed by atoms with Crippen molar-refractivity contribution < 1.29 is 0 Å². The molecule has 0 aromatic rings. The molecule has 0 heterocycles. The summed E-state index contributed by atoms with van der Waals surface area (Å²) in [5, 5.41) is 0. The van der Waals surface area contributed by atoms with Crippen LogP contribution in [0.5, 0.6) is 0 Å². The molecule has 0 unspecified atom stereocenters. The first-order chi connectivity index (χ1) is 8.47. The SMILES string of the molecule is C1CCCC[C](C2CCCCCCC2)CCC1. The Labute approximate surface area is 109 Å². The molecule has 0 aliphatic heterocycles. The van der Waals surface area contributed by atoms with E-state index < -0.39 is 0 Å². The Morgan fingerprint density at radius 2 is 0.882 bits per heavy atom. The van der Waals surface area contributed by atoms with E-state index in [4.69, 9.17) is 0 Å². The van der Waals surface area contributed by atoms with E-state index >= 15 is 0 Å². The van der Waals surface area contributed by atoms with Crippen molar-refractivity contribution in [2.24, 2.45) is 5.92 Å². The maximum absolute atomic E-state index is 1.98. The van der Waals surface area contributed by atoms with Crippen molar-refractivity contribution in [1.29, 1.82) is 0 Å². The molecule has 0 heteroatoms. The Morgan fingerprint density at radius 3 is 1.41 bits per heavy atom. The van der Waals surface area contributed by atoms with Crippen LogP contribution >= 0.6 is 0 Å². The van der Waals surface area contributed by atoms with Crippen molar-refractivity contribution in [3.05, 3.63) is 5.92 Å². The normalized spacial score (nSPS) is 27.5. The van der Waals surface area contributed by atoms with Crippen molar-refractivity contribution in [1.82, 2.24) is 0 Å². The second-order valence-corrected chi connectivity index (χ2v) is 6.32. The van der Waals surface area contributed by atoms with Gasteiger partial charge in [-0.3, -0.25) is 0 Å². The van der Waals surface area contributed by atoms with Gasteiger partial charge in [0.25, 0.3) is 0 Å². The van der Waals surface area contributed by atoms with Gasteiger partial charge >= 0.3 is 0 Å². The Bertz CT molecular complexity index is 166. The van der Waals surface area contributed by atoms with Gasteiger partial charge < -0.3 is 0 Å². The van der Waals surface area contributed by atoms with Gasteiger partial charge in [0.05, 0.1) is 0 Å². The van der Waals surface area contributed by atoms with Crippen LogP contribution in [0.15, 0.2) is 0 Å².